The average Bonchev–Trinajstić information content (AvgIpc) is 2.72. The van der Waals surface area contributed by atoms with E-state index in [-0.39, 0.29) is 0 Å². The zero-order chi connectivity index (χ0) is 11.3. The molecule has 3 heteroatoms. The number of nitrogens with one attached hydrogen (secondary N) is 1. The van der Waals surface area contributed by atoms with Crippen LogP contribution in [-0.2, 0) is 4.74 Å². The molecule has 1 saturated heterocycles. The molecule has 1 N–H and O–H groups in total. The standard InChI is InChI=1S/C12H26N2O/c1-5-10(3)14(6-2)9-11-7-12(15-4)8-13-11/h10-13H,5-9H2,1-4H3. The van der Waals surface area contributed by atoms with Gasteiger partial charge in [-0.25, -0.2) is 0 Å². The zero-order valence-corrected chi connectivity index (χ0v) is 10.6. The lowest BCUT2D eigenvalue weighted by Gasteiger charge is -2.29. The summed E-state index contributed by atoms with van der Waals surface area (Å²) >= 11 is 0. The monoisotopic (exact) mass is 214 g/mol. The third-order valence-electron chi connectivity index (χ3n) is 3.59. The molecule has 15 heavy (non-hydrogen) atoms. The second kappa shape index (κ2) is 6.46. The van der Waals surface area contributed by atoms with Gasteiger partial charge in [-0.05, 0) is 26.3 Å². The SMILES string of the molecule is CCC(C)N(CC)CC1CC(OC)CN1. The molecular weight excluding hydrogens is 188 g/mol. The van der Waals surface area contributed by atoms with Crippen molar-refractivity contribution in [3.63, 3.8) is 0 Å². The number of nitrogens with zero attached hydrogens (tertiary/aromatic N) is 1. The quantitative estimate of drug-likeness (QED) is 0.725. The van der Waals surface area contributed by atoms with E-state index >= 15 is 0 Å². The molecule has 1 aliphatic rings. The highest BCUT2D eigenvalue weighted by molar-refractivity contribution is 4.85. The van der Waals surface area contributed by atoms with Crippen molar-refractivity contribution in [2.45, 2.75) is 51.8 Å². The van der Waals surface area contributed by atoms with Gasteiger partial charge in [0, 0.05) is 32.3 Å². The van der Waals surface area contributed by atoms with E-state index in [0.717, 1.165) is 26.1 Å². The van der Waals surface area contributed by atoms with Crippen LogP contribution in [0, 0.1) is 0 Å². The van der Waals surface area contributed by atoms with Gasteiger partial charge in [-0.1, -0.05) is 13.8 Å². The van der Waals surface area contributed by atoms with Gasteiger partial charge in [0.1, 0.15) is 0 Å². The molecule has 0 bridgehead atoms. The predicted octanol–water partition coefficient (Wildman–Crippen LogP) is 1.48. The van der Waals surface area contributed by atoms with Crippen molar-refractivity contribution in [3.05, 3.63) is 0 Å². The molecule has 1 aliphatic heterocycles. The van der Waals surface area contributed by atoms with Crippen molar-refractivity contribution in [3.8, 4) is 0 Å². The van der Waals surface area contributed by atoms with Gasteiger partial charge in [0.2, 0.25) is 0 Å². The third-order valence-corrected chi connectivity index (χ3v) is 3.59. The Kier molecular flexibility index (Phi) is 5.58. The maximum atomic E-state index is 5.36. The van der Waals surface area contributed by atoms with Gasteiger partial charge in [0.15, 0.2) is 0 Å². The second-order valence-electron chi connectivity index (χ2n) is 4.54. The number of hydrogen-bond acceptors (Lipinski definition) is 3. The van der Waals surface area contributed by atoms with E-state index in [1.54, 1.807) is 7.11 Å². The summed E-state index contributed by atoms with van der Waals surface area (Å²) < 4.78 is 5.36. The van der Waals surface area contributed by atoms with E-state index in [9.17, 15) is 0 Å². The Balaban J connectivity index is 2.33. The first-order valence-electron chi connectivity index (χ1n) is 6.21. The minimum Gasteiger partial charge on any atom is -0.380 e. The lowest BCUT2D eigenvalue weighted by molar-refractivity contribution is 0.114. The molecule has 0 spiro atoms. The molecule has 0 aliphatic carbocycles. The highest BCUT2D eigenvalue weighted by Gasteiger charge is 2.25. The highest BCUT2D eigenvalue weighted by atomic mass is 16.5. The smallest absolute Gasteiger partial charge is 0.0711 e. The fraction of sp³-hybridized carbons (Fsp3) is 1.00. The molecule has 0 aromatic heterocycles. The summed E-state index contributed by atoms with van der Waals surface area (Å²) in [5.41, 5.74) is 0. The Morgan fingerprint density at radius 1 is 1.47 bits per heavy atom. The van der Waals surface area contributed by atoms with E-state index < -0.39 is 0 Å². The van der Waals surface area contributed by atoms with Crippen LogP contribution >= 0.6 is 0 Å². The van der Waals surface area contributed by atoms with Crippen LogP contribution in [0.2, 0.25) is 0 Å². The first kappa shape index (κ1) is 12.9. The van der Waals surface area contributed by atoms with E-state index in [2.05, 4.69) is 31.0 Å². The molecule has 90 valence electrons. The molecule has 3 atom stereocenters. The normalized spacial score (nSPS) is 28.6. The van der Waals surface area contributed by atoms with Crippen LogP contribution in [0.5, 0.6) is 0 Å². The molecular formula is C12H26N2O. The third kappa shape index (κ3) is 3.74. The number of likely N-dealkylation sites (N-methyl/N-ethyl adjacent to an activating group) is 1. The lowest BCUT2D eigenvalue weighted by Crippen LogP contribution is -2.41. The topological polar surface area (TPSA) is 24.5 Å². The Morgan fingerprint density at radius 2 is 2.20 bits per heavy atom. The second-order valence-corrected chi connectivity index (χ2v) is 4.54. The largest absolute Gasteiger partial charge is 0.380 e. The van der Waals surface area contributed by atoms with Gasteiger partial charge >= 0.3 is 0 Å². The van der Waals surface area contributed by atoms with Gasteiger partial charge in [-0.2, -0.15) is 0 Å². The van der Waals surface area contributed by atoms with Crippen molar-refractivity contribution in [1.82, 2.24) is 10.2 Å². The summed E-state index contributed by atoms with van der Waals surface area (Å²) in [4.78, 5) is 2.55. The Morgan fingerprint density at radius 3 is 2.67 bits per heavy atom. The summed E-state index contributed by atoms with van der Waals surface area (Å²) in [5.74, 6) is 0. The molecule has 0 aromatic carbocycles. The summed E-state index contributed by atoms with van der Waals surface area (Å²) in [6.45, 7) is 10.1. The number of methoxy groups -OCH3 is 1. The summed E-state index contributed by atoms with van der Waals surface area (Å²) in [5, 5.41) is 3.53. The zero-order valence-electron chi connectivity index (χ0n) is 10.6. The summed E-state index contributed by atoms with van der Waals surface area (Å²) in [7, 11) is 1.81. The molecule has 3 nitrogen and oxygen atoms in total. The van der Waals surface area contributed by atoms with Gasteiger partial charge in [0.05, 0.1) is 6.10 Å². The van der Waals surface area contributed by atoms with Crippen molar-refractivity contribution in [2.75, 3.05) is 26.7 Å². The maximum absolute atomic E-state index is 5.36. The fourth-order valence-electron chi connectivity index (χ4n) is 2.26. The molecule has 3 unspecified atom stereocenters. The van der Waals surface area contributed by atoms with Crippen molar-refractivity contribution >= 4 is 0 Å². The van der Waals surface area contributed by atoms with Crippen LogP contribution in [0.1, 0.15) is 33.6 Å². The fourth-order valence-corrected chi connectivity index (χ4v) is 2.26. The van der Waals surface area contributed by atoms with Crippen LogP contribution in [0.25, 0.3) is 0 Å². The van der Waals surface area contributed by atoms with Gasteiger partial charge in [0.25, 0.3) is 0 Å². The number of hydrogen-bond donors (Lipinski definition) is 1. The average molecular weight is 214 g/mol. The van der Waals surface area contributed by atoms with E-state index in [1.165, 1.54) is 6.42 Å². The highest BCUT2D eigenvalue weighted by Crippen LogP contribution is 2.13. The molecule has 0 saturated carbocycles. The molecule has 1 rings (SSSR count). The Labute approximate surface area is 94.2 Å². The van der Waals surface area contributed by atoms with Crippen molar-refractivity contribution in [1.29, 1.82) is 0 Å². The van der Waals surface area contributed by atoms with Crippen LogP contribution < -0.4 is 5.32 Å². The van der Waals surface area contributed by atoms with E-state index in [1.807, 2.05) is 0 Å². The number of rotatable bonds is 6. The van der Waals surface area contributed by atoms with Crippen molar-refractivity contribution in [2.24, 2.45) is 0 Å². The summed E-state index contributed by atoms with van der Waals surface area (Å²) in [6.07, 6.45) is 2.81. The predicted molar refractivity (Wildman–Crippen MR) is 64.2 cm³/mol. The molecule has 0 radical (unpaired) electrons. The molecule has 0 aromatic rings. The van der Waals surface area contributed by atoms with Crippen LogP contribution in [-0.4, -0.2) is 49.8 Å². The van der Waals surface area contributed by atoms with Gasteiger partial charge in [-0.15, -0.1) is 0 Å². The van der Waals surface area contributed by atoms with E-state index in [4.69, 9.17) is 4.74 Å². The number of ether oxygens (including phenoxy) is 1. The lowest BCUT2D eigenvalue weighted by atomic mass is 10.1. The maximum Gasteiger partial charge on any atom is 0.0711 e. The van der Waals surface area contributed by atoms with Gasteiger partial charge < -0.3 is 10.1 Å². The Bertz CT molecular complexity index is 175. The van der Waals surface area contributed by atoms with E-state index in [0.29, 0.717) is 18.2 Å². The molecule has 0 amide bonds. The molecule has 1 heterocycles. The van der Waals surface area contributed by atoms with Crippen LogP contribution in [0.15, 0.2) is 0 Å². The first-order valence-corrected chi connectivity index (χ1v) is 6.21. The minimum absolute atomic E-state index is 0.422. The minimum atomic E-state index is 0.422. The van der Waals surface area contributed by atoms with Crippen LogP contribution in [0.3, 0.4) is 0 Å². The Hall–Kier alpha value is -0.120. The van der Waals surface area contributed by atoms with Crippen LogP contribution in [0.4, 0.5) is 0 Å². The van der Waals surface area contributed by atoms with Gasteiger partial charge in [-0.3, -0.25) is 4.90 Å². The first-order chi connectivity index (χ1) is 7.21. The molecule has 1 fully saturated rings. The van der Waals surface area contributed by atoms with Crippen molar-refractivity contribution < 1.29 is 4.74 Å². The summed E-state index contributed by atoms with van der Waals surface area (Å²) in [6, 6.07) is 1.31.